The molecule has 1 heterocycles. The summed E-state index contributed by atoms with van der Waals surface area (Å²) in [6, 6.07) is 18.1. The van der Waals surface area contributed by atoms with Crippen LogP contribution in [0.1, 0.15) is 0 Å². The Morgan fingerprint density at radius 1 is 1.00 bits per heavy atom. The van der Waals surface area contributed by atoms with Crippen molar-refractivity contribution in [3.05, 3.63) is 83.0 Å². The first-order valence-corrected chi connectivity index (χ1v) is 12.4. The van der Waals surface area contributed by atoms with Gasteiger partial charge in [-0.25, -0.2) is 13.4 Å². The van der Waals surface area contributed by atoms with Crippen LogP contribution >= 0.6 is 35.0 Å². The minimum atomic E-state index is -4.05. The Labute approximate surface area is 195 Å². The number of hydrogen-bond donors (Lipinski definition) is 1. The molecule has 0 atom stereocenters. The lowest BCUT2D eigenvalue weighted by Gasteiger charge is -2.25. The van der Waals surface area contributed by atoms with Gasteiger partial charge in [-0.3, -0.25) is 9.10 Å². The molecule has 0 radical (unpaired) electrons. The van der Waals surface area contributed by atoms with Gasteiger partial charge in [-0.05, 0) is 36.4 Å². The van der Waals surface area contributed by atoms with Gasteiger partial charge in [0.1, 0.15) is 6.54 Å². The number of pyridine rings is 1. The van der Waals surface area contributed by atoms with E-state index in [-0.39, 0.29) is 20.6 Å². The number of carbonyl (C=O) groups is 1. The zero-order chi connectivity index (χ0) is 22.3. The molecule has 1 N–H and O–H groups in total. The Morgan fingerprint density at radius 3 is 2.45 bits per heavy atom. The second-order valence-corrected chi connectivity index (χ2v) is 10.0. The molecule has 0 fully saturated rings. The Bertz CT molecular complexity index is 1130. The van der Waals surface area contributed by atoms with Crippen molar-refractivity contribution in [1.29, 1.82) is 0 Å². The van der Waals surface area contributed by atoms with Crippen LogP contribution in [0.4, 0.5) is 5.69 Å². The van der Waals surface area contributed by atoms with Crippen LogP contribution in [-0.4, -0.2) is 38.2 Å². The molecular weight excluding hydrogens is 477 g/mol. The summed E-state index contributed by atoms with van der Waals surface area (Å²) in [4.78, 5) is 16.8. The van der Waals surface area contributed by atoms with Crippen LogP contribution in [-0.2, 0) is 14.8 Å². The number of sulfonamides is 1. The first-order valence-electron chi connectivity index (χ1n) is 9.22. The lowest BCUT2D eigenvalue weighted by Crippen LogP contribution is -2.41. The summed E-state index contributed by atoms with van der Waals surface area (Å²) in [6.07, 6.45) is 1.70. The smallest absolute Gasteiger partial charge is 0.264 e. The standard InChI is InChI=1S/C21H19Cl2N3O3S2/c22-17-9-6-10-18(21(17)23)26(31(28,29)16-7-2-1-3-8-16)15-19(27)24-13-14-30-20-11-4-5-12-25-20/h1-12H,13-15H2,(H,24,27). The first kappa shape index (κ1) is 23.4. The van der Waals surface area contributed by atoms with Gasteiger partial charge in [0.05, 0.1) is 25.7 Å². The van der Waals surface area contributed by atoms with Crippen molar-refractivity contribution in [3.8, 4) is 0 Å². The summed E-state index contributed by atoms with van der Waals surface area (Å²) in [5, 5.41) is 3.84. The Morgan fingerprint density at radius 2 is 1.74 bits per heavy atom. The van der Waals surface area contributed by atoms with Crippen molar-refractivity contribution >= 4 is 56.6 Å². The highest BCUT2D eigenvalue weighted by molar-refractivity contribution is 7.99. The van der Waals surface area contributed by atoms with E-state index in [1.807, 2.05) is 18.2 Å². The molecule has 10 heteroatoms. The predicted molar refractivity (Wildman–Crippen MR) is 125 cm³/mol. The normalized spacial score (nSPS) is 11.2. The maximum absolute atomic E-state index is 13.3. The van der Waals surface area contributed by atoms with Gasteiger partial charge < -0.3 is 5.32 Å². The number of halogens is 2. The molecule has 0 spiro atoms. The molecule has 3 aromatic rings. The SMILES string of the molecule is O=C(CN(c1cccc(Cl)c1Cl)S(=O)(=O)c1ccccc1)NCCSc1ccccn1. The zero-order valence-corrected chi connectivity index (χ0v) is 19.4. The molecule has 0 unspecified atom stereocenters. The molecule has 0 bridgehead atoms. The zero-order valence-electron chi connectivity index (χ0n) is 16.2. The minimum absolute atomic E-state index is 0.0459. The molecule has 0 aliphatic rings. The number of nitrogens with one attached hydrogen (secondary N) is 1. The molecule has 1 amide bonds. The molecule has 6 nitrogen and oxygen atoms in total. The number of nitrogens with zero attached hydrogens (tertiary/aromatic N) is 2. The van der Waals surface area contributed by atoms with Gasteiger partial charge in [0, 0.05) is 18.5 Å². The van der Waals surface area contributed by atoms with Crippen LogP contribution < -0.4 is 9.62 Å². The van der Waals surface area contributed by atoms with Crippen molar-refractivity contribution in [2.24, 2.45) is 0 Å². The molecule has 0 saturated carbocycles. The quantitative estimate of drug-likeness (QED) is 0.349. The number of rotatable bonds is 9. The van der Waals surface area contributed by atoms with Crippen LogP contribution in [0.3, 0.4) is 0 Å². The van der Waals surface area contributed by atoms with E-state index >= 15 is 0 Å². The van der Waals surface area contributed by atoms with Crippen molar-refractivity contribution in [3.63, 3.8) is 0 Å². The highest BCUT2D eigenvalue weighted by Crippen LogP contribution is 2.35. The molecule has 0 aliphatic carbocycles. The number of anilines is 1. The Hall–Kier alpha value is -2.26. The molecule has 162 valence electrons. The second kappa shape index (κ2) is 10.9. The number of thioether (sulfide) groups is 1. The summed E-state index contributed by atoms with van der Waals surface area (Å²) >= 11 is 13.9. The van der Waals surface area contributed by atoms with E-state index in [9.17, 15) is 13.2 Å². The fourth-order valence-electron chi connectivity index (χ4n) is 2.67. The molecule has 2 aromatic carbocycles. The van der Waals surface area contributed by atoms with Crippen LogP contribution in [0.15, 0.2) is 82.8 Å². The molecule has 31 heavy (non-hydrogen) atoms. The topological polar surface area (TPSA) is 79.4 Å². The fraction of sp³-hybridized carbons (Fsp3) is 0.143. The Balaban J connectivity index is 1.75. The second-order valence-electron chi connectivity index (χ2n) is 6.26. The summed E-state index contributed by atoms with van der Waals surface area (Å²) < 4.78 is 27.5. The predicted octanol–water partition coefficient (Wildman–Crippen LogP) is 4.49. The Kier molecular flexibility index (Phi) is 8.20. The van der Waals surface area contributed by atoms with Gasteiger partial charge in [-0.2, -0.15) is 0 Å². The lowest BCUT2D eigenvalue weighted by atomic mass is 10.3. The largest absolute Gasteiger partial charge is 0.354 e. The number of carbonyl (C=O) groups excluding carboxylic acids is 1. The van der Waals surface area contributed by atoms with Gasteiger partial charge in [-0.15, -0.1) is 11.8 Å². The number of amides is 1. The molecule has 0 aliphatic heterocycles. The first-order chi connectivity index (χ1) is 14.9. The number of hydrogen-bond acceptors (Lipinski definition) is 5. The van der Waals surface area contributed by atoms with Gasteiger partial charge >= 0.3 is 0 Å². The van der Waals surface area contributed by atoms with Crippen LogP contribution in [0.2, 0.25) is 10.0 Å². The molecular formula is C21H19Cl2N3O3S2. The van der Waals surface area contributed by atoms with Gasteiger partial charge in [0.25, 0.3) is 10.0 Å². The van der Waals surface area contributed by atoms with E-state index in [1.165, 1.54) is 30.0 Å². The number of benzene rings is 2. The third-order valence-electron chi connectivity index (χ3n) is 4.13. The third kappa shape index (κ3) is 6.13. The molecule has 0 saturated heterocycles. The highest BCUT2D eigenvalue weighted by Gasteiger charge is 2.29. The lowest BCUT2D eigenvalue weighted by molar-refractivity contribution is -0.119. The van der Waals surface area contributed by atoms with Crippen molar-refractivity contribution < 1.29 is 13.2 Å². The monoisotopic (exact) mass is 495 g/mol. The summed E-state index contributed by atoms with van der Waals surface area (Å²) in [7, 11) is -4.05. The molecule has 3 rings (SSSR count). The van der Waals surface area contributed by atoms with Gasteiger partial charge in [0.2, 0.25) is 5.91 Å². The highest BCUT2D eigenvalue weighted by atomic mass is 35.5. The van der Waals surface area contributed by atoms with Crippen LogP contribution in [0.5, 0.6) is 0 Å². The van der Waals surface area contributed by atoms with Crippen LogP contribution in [0, 0.1) is 0 Å². The fourth-order valence-corrected chi connectivity index (χ4v) is 5.29. The maximum atomic E-state index is 13.3. The average Bonchev–Trinajstić information content (AvgIpc) is 2.78. The van der Waals surface area contributed by atoms with E-state index in [0.29, 0.717) is 12.3 Å². The van der Waals surface area contributed by atoms with E-state index < -0.39 is 22.5 Å². The third-order valence-corrected chi connectivity index (χ3v) is 7.66. The summed E-state index contributed by atoms with van der Waals surface area (Å²) in [5.74, 6) is 0.128. The molecule has 1 aromatic heterocycles. The van der Waals surface area contributed by atoms with Gasteiger partial charge in [0.15, 0.2) is 0 Å². The van der Waals surface area contributed by atoms with Gasteiger partial charge in [-0.1, -0.05) is 53.5 Å². The van der Waals surface area contributed by atoms with E-state index in [2.05, 4.69) is 10.3 Å². The van der Waals surface area contributed by atoms with E-state index in [4.69, 9.17) is 23.2 Å². The van der Waals surface area contributed by atoms with Crippen molar-refractivity contribution in [2.75, 3.05) is 23.1 Å². The maximum Gasteiger partial charge on any atom is 0.264 e. The van der Waals surface area contributed by atoms with E-state index in [0.717, 1.165) is 9.33 Å². The minimum Gasteiger partial charge on any atom is -0.354 e. The summed E-state index contributed by atoms with van der Waals surface area (Å²) in [6.45, 7) is -0.0892. The average molecular weight is 496 g/mol. The van der Waals surface area contributed by atoms with E-state index in [1.54, 1.807) is 36.5 Å². The van der Waals surface area contributed by atoms with Crippen LogP contribution in [0.25, 0.3) is 0 Å². The van der Waals surface area contributed by atoms with Crippen molar-refractivity contribution in [2.45, 2.75) is 9.92 Å². The number of aromatic nitrogens is 1. The summed E-state index contributed by atoms with van der Waals surface area (Å²) in [5.41, 5.74) is 0.135. The van der Waals surface area contributed by atoms with Crippen molar-refractivity contribution in [1.82, 2.24) is 10.3 Å².